The molecular formula is C22H17ClF4N2O5. The van der Waals surface area contributed by atoms with Gasteiger partial charge in [0, 0.05) is 36.1 Å². The van der Waals surface area contributed by atoms with Crippen LogP contribution in [0.3, 0.4) is 0 Å². The summed E-state index contributed by atoms with van der Waals surface area (Å²) in [5, 5.41) is 2.46. The molecule has 34 heavy (non-hydrogen) atoms. The molecule has 2 aromatic carbocycles. The maximum Gasteiger partial charge on any atom is 0.573 e. The highest BCUT2D eigenvalue weighted by Gasteiger charge is 2.31. The number of carbonyl (C=O) groups excluding carboxylic acids is 1. The number of rotatable bonds is 8. The van der Waals surface area contributed by atoms with E-state index < -0.39 is 29.4 Å². The van der Waals surface area contributed by atoms with E-state index in [2.05, 4.69) is 15.0 Å². The number of hydrogen-bond donors (Lipinski definition) is 1. The van der Waals surface area contributed by atoms with Crippen LogP contribution < -0.4 is 19.5 Å². The maximum absolute atomic E-state index is 14.8. The number of pyridine rings is 1. The number of anilines is 1. The van der Waals surface area contributed by atoms with Gasteiger partial charge in [0.25, 0.3) is 5.91 Å². The topological polar surface area (TPSA) is 78.9 Å². The summed E-state index contributed by atoms with van der Waals surface area (Å²) < 4.78 is 71.8. The van der Waals surface area contributed by atoms with Gasteiger partial charge in [-0.1, -0.05) is 11.6 Å². The van der Waals surface area contributed by atoms with E-state index in [9.17, 15) is 22.4 Å². The highest BCUT2D eigenvalue weighted by Crippen LogP contribution is 2.39. The average Bonchev–Trinajstić information content (AvgIpc) is 2.73. The molecule has 12 heteroatoms. The minimum atomic E-state index is -4.91. The summed E-state index contributed by atoms with van der Waals surface area (Å²) in [4.78, 5) is 17.0. The molecule has 0 saturated heterocycles. The summed E-state index contributed by atoms with van der Waals surface area (Å²) in [6, 6.07) is 8.15. The van der Waals surface area contributed by atoms with Gasteiger partial charge in [0.2, 0.25) is 0 Å². The lowest BCUT2D eigenvalue weighted by atomic mass is 10.1. The molecule has 0 atom stereocenters. The lowest BCUT2D eigenvalue weighted by molar-refractivity contribution is -0.274. The number of methoxy groups -OCH3 is 2. The van der Waals surface area contributed by atoms with Crippen molar-refractivity contribution in [3.63, 3.8) is 0 Å². The number of benzene rings is 2. The molecule has 3 rings (SSSR count). The smallest absolute Gasteiger partial charge is 0.493 e. The predicted molar refractivity (Wildman–Crippen MR) is 114 cm³/mol. The summed E-state index contributed by atoms with van der Waals surface area (Å²) in [5.74, 6) is -2.98. The van der Waals surface area contributed by atoms with Crippen molar-refractivity contribution in [1.29, 1.82) is 0 Å². The third kappa shape index (κ3) is 6.49. The standard InChI is InChI=1S/C22H17ClF4N2O5/c1-31-11-14-9-13(5-6-28-14)29-21(30)20-16(24)7-12(23)8-19(20)33-17-4-3-15(10-18(17)32-2)34-22(25,26)27/h3-10H,11H2,1-2H3,(H,28,29,30). The molecule has 0 spiro atoms. The quantitative estimate of drug-likeness (QED) is 0.384. The molecule has 0 unspecified atom stereocenters. The first-order valence-corrected chi connectivity index (χ1v) is 9.83. The first kappa shape index (κ1) is 25.1. The molecular weight excluding hydrogens is 484 g/mol. The van der Waals surface area contributed by atoms with Crippen molar-refractivity contribution >= 4 is 23.2 Å². The molecule has 1 N–H and O–H groups in total. The van der Waals surface area contributed by atoms with Crippen molar-refractivity contribution in [3.8, 4) is 23.0 Å². The molecule has 1 amide bonds. The zero-order valence-corrected chi connectivity index (χ0v) is 18.5. The van der Waals surface area contributed by atoms with Crippen LogP contribution in [0.2, 0.25) is 5.02 Å². The normalized spacial score (nSPS) is 11.1. The Morgan fingerprint density at radius 1 is 1.06 bits per heavy atom. The van der Waals surface area contributed by atoms with E-state index in [4.69, 9.17) is 25.8 Å². The van der Waals surface area contributed by atoms with Gasteiger partial charge in [-0.3, -0.25) is 9.78 Å². The van der Waals surface area contributed by atoms with Crippen LogP contribution in [-0.2, 0) is 11.3 Å². The van der Waals surface area contributed by atoms with Crippen molar-refractivity contribution in [2.75, 3.05) is 19.5 Å². The molecule has 3 aromatic rings. The van der Waals surface area contributed by atoms with Crippen molar-refractivity contribution in [2.45, 2.75) is 13.0 Å². The number of halogens is 5. The van der Waals surface area contributed by atoms with E-state index in [-0.39, 0.29) is 28.9 Å². The second-order valence-corrected chi connectivity index (χ2v) is 7.08. The average molecular weight is 501 g/mol. The van der Waals surface area contributed by atoms with Gasteiger partial charge in [0.05, 0.1) is 19.4 Å². The van der Waals surface area contributed by atoms with E-state index >= 15 is 0 Å². The van der Waals surface area contributed by atoms with Gasteiger partial charge in [0.1, 0.15) is 22.9 Å². The van der Waals surface area contributed by atoms with Crippen LogP contribution >= 0.6 is 11.6 Å². The van der Waals surface area contributed by atoms with Gasteiger partial charge >= 0.3 is 6.36 Å². The van der Waals surface area contributed by atoms with Crippen molar-refractivity contribution in [3.05, 3.63) is 70.8 Å². The highest BCUT2D eigenvalue weighted by molar-refractivity contribution is 6.31. The summed E-state index contributed by atoms with van der Waals surface area (Å²) in [6.07, 6.45) is -3.47. The largest absolute Gasteiger partial charge is 0.573 e. The number of alkyl halides is 3. The SMILES string of the molecule is COCc1cc(NC(=O)c2c(F)cc(Cl)cc2Oc2ccc(OC(F)(F)F)cc2OC)ccn1. The second kappa shape index (κ2) is 10.6. The Morgan fingerprint density at radius 2 is 1.82 bits per heavy atom. The first-order valence-electron chi connectivity index (χ1n) is 9.45. The lowest BCUT2D eigenvalue weighted by Gasteiger charge is -2.16. The third-order valence-corrected chi connectivity index (χ3v) is 4.42. The van der Waals surface area contributed by atoms with Crippen molar-refractivity contribution in [2.24, 2.45) is 0 Å². The number of ether oxygens (including phenoxy) is 4. The fraction of sp³-hybridized carbons (Fsp3) is 0.182. The Balaban J connectivity index is 1.93. The summed E-state index contributed by atoms with van der Waals surface area (Å²) in [6.45, 7) is 0.196. The van der Waals surface area contributed by atoms with Gasteiger partial charge in [-0.15, -0.1) is 13.2 Å². The Labute approximate surface area is 196 Å². The van der Waals surface area contributed by atoms with Crippen LogP contribution in [0, 0.1) is 5.82 Å². The zero-order chi connectivity index (χ0) is 24.9. The van der Waals surface area contributed by atoms with E-state index in [1.165, 1.54) is 38.6 Å². The Bertz CT molecular complexity index is 1190. The third-order valence-electron chi connectivity index (χ3n) is 4.20. The molecule has 0 aliphatic heterocycles. The Hall–Kier alpha value is -3.57. The zero-order valence-electron chi connectivity index (χ0n) is 17.7. The molecule has 0 fully saturated rings. The van der Waals surface area contributed by atoms with Crippen LogP contribution in [0.4, 0.5) is 23.2 Å². The van der Waals surface area contributed by atoms with E-state index in [1.54, 1.807) is 0 Å². The number of nitrogens with one attached hydrogen (secondary N) is 1. The molecule has 0 saturated carbocycles. The van der Waals surface area contributed by atoms with E-state index in [0.717, 1.165) is 24.3 Å². The minimum Gasteiger partial charge on any atom is -0.493 e. The first-order chi connectivity index (χ1) is 16.1. The molecule has 0 radical (unpaired) electrons. The van der Waals surface area contributed by atoms with Crippen molar-refractivity contribution < 1.29 is 41.3 Å². The Kier molecular flexibility index (Phi) is 7.79. The van der Waals surface area contributed by atoms with Gasteiger partial charge in [0.15, 0.2) is 11.5 Å². The van der Waals surface area contributed by atoms with E-state index in [0.29, 0.717) is 11.4 Å². The van der Waals surface area contributed by atoms with Crippen LogP contribution in [0.1, 0.15) is 16.1 Å². The van der Waals surface area contributed by atoms with Crippen LogP contribution in [0.5, 0.6) is 23.0 Å². The number of carbonyl (C=O) groups is 1. The van der Waals surface area contributed by atoms with Gasteiger partial charge < -0.3 is 24.3 Å². The summed E-state index contributed by atoms with van der Waals surface area (Å²) >= 11 is 5.93. The predicted octanol–water partition coefficient (Wildman–Crippen LogP) is 5.97. The Morgan fingerprint density at radius 3 is 2.50 bits per heavy atom. The molecule has 1 aromatic heterocycles. The number of aromatic nitrogens is 1. The lowest BCUT2D eigenvalue weighted by Crippen LogP contribution is -2.17. The van der Waals surface area contributed by atoms with E-state index in [1.807, 2.05) is 0 Å². The molecule has 0 bridgehead atoms. The monoisotopic (exact) mass is 500 g/mol. The fourth-order valence-corrected chi connectivity index (χ4v) is 3.07. The van der Waals surface area contributed by atoms with Crippen molar-refractivity contribution in [1.82, 2.24) is 4.98 Å². The summed E-state index contributed by atoms with van der Waals surface area (Å²) in [7, 11) is 2.67. The fourth-order valence-electron chi connectivity index (χ4n) is 2.88. The summed E-state index contributed by atoms with van der Waals surface area (Å²) in [5.41, 5.74) is 0.352. The number of hydrogen-bond acceptors (Lipinski definition) is 6. The number of amides is 1. The van der Waals surface area contributed by atoms with Crippen LogP contribution in [0.15, 0.2) is 48.7 Å². The van der Waals surface area contributed by atoms with Gasteiger partial charge in [-0.25, -0.2) is 4.39 Å². The second-order valence-electron chi connectivity index (χ2n) is 6.65. The maximum atomic E-state index is 14.8. The molecule has 1 heterocycles. The number of nitrogens with zero attached hydrogens (tertiary/aromatic N) is 1. The highest BCUT2D eigenvalue weighted by atomic mass is 35.5. The van der Waals surface area contributed by atoms with Gasteiger partial charge in [-0.2, -0.15) is 0 Å². The van der Waals surface area contributed by atoms with Crippen LogP contribution in [-0.4, -0.2) is 31.5 Å². The van der Waals surface area contributed by atoms with Crippen LogP contribution in [0.25, 0.3) is 0 Å². The molecule has 0 aliphatic rings. The van der Waals surface area contributed by atoms with Gasteiger partial charge in [-0.05, 0) is 30.3 Å². The molecule has 180 valence electrons. The minimum absolute atomic E-state index is 0.0775. The molecule has 0 aliphatic carbocycles. The molecule has 7 nitrogen and oxygen atoms in total.